The summed E-state index contributed by atoms with van der Waals surface area (Å²) in [6.45, 7) is 7.75. The van der Waals surface area contributed by atoms with E-state index in [1.165, 1.54) is 11.1 Å². The van der Waals surface area contributed by atoms with E-state index in [0.29, 0.717) is 6.42 Å². The molecule has 1 aromatic carbocycles. The summed E-state index contributed by atoms with van der Waals surface area (Å²) in [6, 6.07) is 8.10. The van der Waals surface area contributed by atoms with Crippen molar-refractivity contribution in [1.82, 2.24) is 5.48 Å². The topological polar surface area (TPSA) is 38.3 Å². The number of amides is 1. The molecule has 0 spiro atoms. The molecule has 0 heterocycles. The molecule has 0 saturated carbocycles. The summed E-state index contributed by atoms with van der Waals surface area (Å²) in [6.07, 6.45) is 1.19. The second-order valence-electron chi connectivity index (χ2n) is 5.17. The van der Waals surface area contributed by atoms with Crippen molar-refractivity contribution in [2.75, 3.05) is 0 Å². The predicted molar refractivity (Wildman–Crippen MR) is 68.5 cm³/mol. The summed E-state index contributed by atoms with van der Waals surface area (Å²) in [5, 5.41) is 0. The number of rotatable bonds is 4. The molecule has 1 amide bonds. The van der Waals surface area contributed by atoms with Crippen LogP contribution < -0.4 is 5.48 Å². The second-order valence-corrected chi connectivity index (χ2v) is 5.17. The maximum atomic E-state index is 11.5. The van der Waals surface area contributed by atoms with Crippen molar-refractivity contribution >= 4 is 5.91 Å². The van der Waals surface area contributed by atoms with Gasteiger partial charge in [-0.05, 0) is 45.2 Å². The molecule has 0 aromatic heterocycles. The van der Waals surface area contributed by atoms with E-state index < -0.39 is 0 Å². The van der Waals surface area contributed by atoms with Crippen molar-refractivity contribution in [3.63, 3.8) is 0 Å². The highest BCUT2D eigenvalue weighted by molar-refractivity contribution is 5.75. The van der Waals surface area contributed by atoms with Gasteiger partial charge in [0.2, 0.25) is 5.91 Å². The Hall–Kier alpha value is -1.35. The Kier molecular flexibility index (Phi) is 4.70. The van der Waals surface area contributed by atoms with E-state index in [1.807, 2.05) is 39.0 Å². The van der Waals surface area contributed by atoms with Crippen molar-refractivity contribution in [3.8, 4) is 0 Å². The van der Waals surface area contributed by atoms with Crippen LogP contribution in [0.25, 0.3) is 0 Å². The van der Waals surface area contributed by atoms with Crippen molar-refractivity contribution in [1.29, 1.82) is 0 Å². The molecule has 0 aliphatic carbocycles. The molecular formula is C14H21NO2. The van der Waals surface area contributed by atoms with Crippen LogP contribution in [0.5, 0.6) is 0 Å². The molecule has 0 fully saturated rings. The predicted octanol–water partition coefficient (Wildman–Crippen LogP) is 2.77. The van der Waals surface area contributed by atoms with Crippen LogP contribution in [0.2, 0.25) is 0 Å². The lowest BCUT2D eigenvalue weighted by atomic mass is 10.0. The lowest BCUT2D eigenvalue weighted by Gasteiger charge is -2.18. The van der Waals surface area contributed by atoms with Crippen LogP contribution in [0.4, 0.5) is 0 Å². The van der Waals surface area contributed by atoms with Gasteiger partial charge in [0, 0.05) is 6.42 Å². The van der Waals surface area contributed by atoms with E-state index in [-0.39, 0.29) is 11.5 Å². The van der Waals surface area contributed by atoms with Gasteiger partial charge in [-0.25, -0.2) is 5.48 Å². The number of carbonyl (C=O) groups is 1. The van der Waals surface area contributed by atoms with Gasteiger partial charge in [-0.2, -0.15) is 0 Å². The van der Waals surface area contributed by atoms with Crippen LogP contribution in [-0.2, 0) is 16.1 Å². The van der Waals surface area contributed by atoms with Crippen molar-refractivity contribution < 1.29 is 9.63 Å². The van der Waals surface area contributed by atoms with Gasteiger partial charge in [-0.15, -0.1) is 0 Å². The minimum atomic E-state index is -0.349. The fourth-order valence-corrected chi connectivity index (χ4v) is 1.40. The van der Waals surface area contributed by atoms with Gasteiger partial charge >= 0.3 is 0 Å². The standard InChI is InChI=1S/C14H21NO2/c1-11-7-5-6-8-12(11)9-10-13(16)15-17-14(2,3)4/h5-8H,9-10H2,1-4H3,(H,15,16). The van der Waals surface area contributed by atoms with Crippen LogP contribution >= 0.6 is 0 Å². The highest BCUT2D eigenvalue weighted by Gasteiger charge is 2.12. The first-order chi connectivity index (χ1) is 7.88. The van der Waals surface area contributed by atoms with E-state index in [0.717, 1.165) is 6.42 Å². The second kappa shape index (κ2) is 5.82. The summed E-state index contributed by atoms with van der Waals surface area (Å²) in [4.78, 5) is 16.7. The Labute approximate surface area is 103 Å². The molecule has 1 aromatic rings. The Balaban J connectivity index is 2.36. The van der Waals surface area contributed by atoms with E-state index >= 15 is 0 Å². The molecule has 17 heavy (non-hydrogen) atoms. The monoisotopic (exact) mass is 235 g/mol. The van der Waals surface area contributed by atoms with Crippen LogP contribution in [-0.4, -0.2) is 11.5 Å². The lowest BCUT2D eigenvalue weighted by Crippen LogP contribution is -2.33. The van der Waals surface area contributed by atoms with E-state index in [4.69, 9.17) is 4.84 Å². The smallest absolute Gasteiger partial charge is 0.243 e. The van der Waals surface area contributed by atoms with Gasteiger partial charge in [0.05, 0.1) is 5.60 Å². The molecule has 3 heteroatoms. The van der Waals surface area contributed by atoms with E-state index in [9.17, 15) is 4.79 Å². The first kappa shape index (κ1) is 13.7. The average Bonchev–Trinajstić information content (AvgIpc) is 2.24. The fraction of sp³-hybridized carbons (Fsp3) is 0.500. The Morgan fingerprint density at radius 1 is 1.29 bits per heavy atom. The maximum Gasteiger partial charge on any atom is 0.243 e. The number of nitrogens with one attached hydrogen (secondary N) is 1. The van der Waals surface area contributed by atoms with Crippen LogP contribution in [0.1, 0.15) is 38.3 Å². The molecule has 1 N–H and O–H groups in total. The van der Waals surface area contributed by atoms with Gasteiger partial charge < -0.3 is 0 Å². The number of hydrogen-bond acceptors (Lipinski definition) is 2. The Bertz CT molecular complexity index is 380. The number of hydroxylamine groups is 1. The number of benzene rings is 1. The Morgan fingerprint density at radius 2 is 1.94 bits per heavy atom. The summed E-state index contributed by atoms with van der Waals surface area (Å²) in [5.41, 5.74) is 4.55. The largest absolute Gasteiger partial charge is 0.273 e. The average molecular weight is 235 g/mol. The third-order valence-corrected chi connectivity index (χ3v) is 2.35. The summed E-state index contributed by atoms with van der Waals surface area (Å²) in [5.74, 6) is -0.0804. The zero-order valence-corrected chi connectivity index (χ0v) is 11.0. The molecule has 0 unspecified atom stereocenters. The first-order valence-electron chi connectivity index (χ1n) is 5.90. The van der Waals surface area contributed by atoms with Crippen molar-refractivity contribution in [2.45, 2.75) is 46.1 Å². The van der Waals surface area contributed by atoms with Gasteiger partial charge in [-0.1, -0.05) is 24.3 Å². The minimum absolute atomic E-state index is 0.0804. The van der Waals surface area contributed by atoms with Gasteiger partial charge in [0.1, 0.15) is 0 Å². The van der Waals surface area contributed by atoms with Crippen LogP contribution in [0, 0.1) is 6.92 Å². The zero-order chi connectivity index (χ0) is 12.9. The minimum Gasteiger partial charge on any atom is -0.273 e. The molecule has 0 aliphatic rings. The molecule has 0 radical (unpaired) electrons. The molecule has 94 valence electrons. The third-order valence-electron chi connectivity index (χ3n) is 2.35. The number of aryl methyl sites for hydroxylation is 2. The zero-order valence-electron chi connectivity index (χ0n) is 11.0. The molecular weight excluding hydrogens is 214 g/mol. The molecule has 0 atom stereocenters. The molecule has 3 nitrogen and oxygen atoms in total. The maximum absolute atomic E-state index is 11.5. The van der Waals surface area contributed by atoms with Gasteiger partial charge in [0.25, 0.3) is 0 Å². The SMILES string of the molecule is Cc1ccccc1CCC(=O)NOC(C)(C)C. The highest BCUT2D eigenvalue weighted by Crippen LogP contribution is 2.09. The van der Waals surface area contributed by atoms with E-state index in [2.05, 4.69) is 18.5 Å². The Morgan fingerprint density at radius 3 is 2.53 bits per heavy atom. The summed E-state index contributed by atoms with van der Waals surface area (Å²) < 4.78 is 0. The molecule has 0 bridgehead atoms. The summed E-state index contributed by atoms with van der Waals surface area (Å²) >= 11 is 0. The third kappa shape index (κ3) is 5.50. The molecule has 0 saturated heterocycles. The lowest BCUT2D eigenvalue weighted by molar-refractivity contribution is -0.145. The quantitative estimate of drug-likeness (QED) is 0.815. The van der Waals surface area contributed by atoms with Crippen molar-refractivity contribution in [2.24, 2.45) is 0 Å². The molecule has 1 rings (SSSR count). The first-order valence-corrected chi connectivity index (χ1v) is 5.90. The number of hydrogen-bond donors (Lipinski definition) is 1. The normalized spacial score (nSPS) is 11.3. The molecule has 0 aliphatic heterocycles. The fourth-order valence-electron chi connectivity index (χ4n) is 1.40. The number of carbonyl (C=O) groups excluding carboxylic acids is 1. The van der Waals surface area contributed by atoms with E-state index in [1.54, 1.807) is 0 Å². The van der Waals surface area contributed by atoms with Crippen molar-refractivity contribution in [3.05, 3.63) is 35.4 Å². The van der Waals surface area contributed by atoms with Crippen LogP contribution in [0.15, 0.2) is 24.3 Å². The summed E-state index contributed by atoms with van der Waals surface area (Å²) in [7, 11) is 0. The highest BCUT2D eigenvalue weighted by atomic mass is 16.7. The van der Waals surface area contributed by atoms with Gasteiger partial charge in [-0.3, -0.25) is 9.63 Å². The van der Waals surface area contributed by atoms with Gasteiger partial charge in [0.15, 0.2) is 0 Å². The van der Waals surface area contributed by atoms with Crippen LogP contribution in [0.3, 0.4) is 0 Å².